The van der Waals surface area contributed by atoms with Crippen molar-refractivity contribution in [3.8, 4) is 5.75 Å². The second-order valence-electron chi connectivity index (χ2n) is 2.37. The van der Waals surface area contributed by atoms with E-state index in [0.29, 0.717) is 5.69 Å². The van der Waals surface area contributed by atoms with E-state index >= 15 is 0 Å². The van der Waals surface area contributed by atoms with E-state index in [9.17, 15) is 5.11 Å². The van der Waals surface area contributed by atoms with Crippen molar-refractivity contribution in [1.82, 2.24) is 14.4 Å². The first-order valence-corrected chi connectivity index (χ1v) is 3.25. The fourth-order valence-electron chi connectivity index (χ4n) is 0.938. The standard InChI is InChI=1S/C7H7N3O.ClH/c1-5-6(11)3-10-4-8-2-7(10)9-5;/h2-4,11H,1H3;1H. The monoisotopic (exact) mass is 185 g/mol. The zero-order chi connectivity index (χ0) is 7.84. The van der Waals surface area contributed by atoms with Crippen molar-refractivity contribution in [2.75, 3.05) is 0 Å². The molecular formula is C7H8ClN3O. The molecule has 64 valence electrons. The molecule has 12 heavy (non-hydrogen) atoms. The van der Waals surface area contributed by atoms with Crippen molar-refractivity contribution in [2.24, 2.45) is 0 Å². The minimum Gasteiger partial charge on any atom is -0.505 e. The smallest absolute Gasteiger partial charge is 0.156 e. The first-order chi connectivity index (χ1) is 5.27. The predicted octanol–water partition coefficient (Wildman–Crippen LogP) is 1.17. The molecule has 0 fully saturated rings. The number of aromatic nitrogens is 3. The number of aromatic hydroxyl groups is 1. The third kappa shape index (κ3) is 1.21. The maximum Gasteiger partial charge on any atom is 0.156 e. The molecule has 0 radical (unpaired) electrons. The van der Waals surface area contributed by atoms with Gasteiger partial charge in [0.1, 0.15) is 6.33 Å². The summed E-state index contributed by atoms with van der Waals surface area (Å²) in [5.41, 5.74) is 1.37. The van der Waals surface area contributed by atoms with Crippen LogP contribution in [0.5, 0.6) is 5.75 Å². The lowest BCUT2D eigenvalue weighted by atomic mass is 10.4. The van der Waals surface area contributed by atoms with Gasteiger partial charge in [-0.05, 0) is 6.92 Å². The van der Waals surface area contributed by atoms with Crippen LogP contribution in [0.2, 0.25) is 0 Å². The lowest BCUT2D eigenvalue weighted by Gasteiger charge is -1.97. The van der Waals surface area contributed by atoms with Crippen molar-refractivity contribution in [3.63, 3.8) is 0 Å². The van der Waals surface area contributed by atoms with Gasteiger partial charge >= 0.3 is 0 Å². The van der Waals surface area contributed by atoms with Crippen molar-refractivity contribution in [3.05, 3.63) is 24.4 Å². The molecule has 0 bridgehead atoms. The van der Waals surface area contributed by atoms with Crippen LogP contribution < -0.4 is 0 Å². The van der Waals surface area contributed by atoms with Crippen LogP contribution in [0.3, 0.4) is 0 Å². The summed E-state index contributed by atoms with van der Waals surface area (Å²) in [6.45, 7) is 1.75. The van der Waals surface area contributed by atoms with Gasteiger partial charge < -0.3 is 5.11 Å². The molecule has 0 saturated heterocycles. The van der Waals surface area contributed by atoms with E-state index in [2.05, 4.69) is 9.97 Å². The van der Waals surface area contributed by atoms with Gasteiger partial charge in [0, 0.05) is 0 Å². The summed E-state index contributed by atoms with van der Waals surface area (Å²) in [6, 6.07) is 0. The van der Waals surface area contributed by atoms with Crippen LogP contribution >= 0.6 is 12.4 Å². The molecule has 2 rings (SSSR count). The third-order valence-electron chi connectivity index (χ3n) is 1.56. The Labute approximate surface area is 75.3 Å². The molecule has 5 heteroatoms. The largest absolute Gasteiger partial charge is 0.505 e. The van der Waals surface area contributed by atoms with Crippen LogP contribution in [0.1, 0.15) is 5.69 Å². The fraction of sp³-hybridized carbons (Fsp3) is 0.143. The SMILES string of the molecule is Cc1nc2cncn2cc1O.Cl. The lowest BCUT2D eigenvalue weighted by Crippen LogP contribution is -1.88. The molecule has 2 aromatic rings. The summed E-state index contributed by atoms with van der Waals surface area (Å²) in [5.74, 6) is 0.190. The molecule has 2 heterocycles. The van der Waals surface area contributed by atoms with E-state index in [0.717, 1.165) is 5.65 Å². The topological polar surface area (TPSA) is 50.4 Å². The van der Waals surface area contributed by atoms with Crippen LogP contribution in [-0.2, 0) is 0 Å². The maximum atomic E-state index is 9.22. The zero-order valence-corrected chi connectivity index (χ0v) is 7.25. The Morgan fingerprint density at radius 1 is 1.50 bits per heavy atom. The van der Waals surface area contributed by atoms with Gasteiger partial charge in [0.25, 0.3) is 0 Å². The van der Waals surface area contributed by atoms with Gasteiger partial charge in [-0.3, -0.25) is 4.40 Å². The second-order valence-corrected chi connectivity index (χ2v) is 2.37. The Kier molecular flexibility index (Phi) is 2.19. The van der Waals surface area contributed by atoms with E-state index < -0.39 is 0 Å². The highest BCUT2D eigenvalue weighted by Gasteiger charge is 1.99. The average molecular weight is 186 g/mol. The van der Waals surface area contributed by atoms with Gasteiger partial charge in [0.2, 0.25) is 0 Å². The first-order valence-electron chi connectivity index (χ1n) is 3.25. The average Bonchev–Trinajstić information content (AvgIpc) is 2.36. The number of hydrogen-bond donors (Lipinski definition) is 1. The molecule has 4 nitrogen and oxygen atoms in total. The molecule has 0 aliphatic carbocycles. The highest BCUT2D eigenvalue weighted by molar-refractivity contribution is 5.85. The van der Waals surface area contributed by atoms with Gasteiger partial charge in [0.05, 0.1) is 18.1 Å². The van der Waals surface area contributed by atoms with Crippen molar-refractivity contribution >= 4 is 18.1 Å². The summed E-state index contributed by atoms with van der Waals surface area (Å²) >= 11 is 0. The minimum atomic E-state index is 0. The Morgan fingerprint density at radius 3 is 3.00 bits per heavy atom. The Hall–Kier alpha value is -1.29. The number of aryl methyl sites for hydroxylation is 1. The molecular weight excluding hydrogens is 178 g/mol. The second kappa shape index (κ2) is 2.98. The first kappa shape index (κ1) is 8.80. The van der Waals surface area contributed by atoms with Crippen LogP contribution in [0.4, 0.5) is 0 Å². The van der Waals surface area contributed by atoms with Gasteiger partial charge in [-0.15, -0.1) is 12.4 Å². The molecule has 0 aliphatic heterocycles. The predicted molar refractivity (Wildman–Crippen MR) is 46.6 cm³/mol. The Bertz CT molecular complexity index is 362. The number of imidazole rings is 1. The van der Waals surface area contributed by atoms with Gasteiger partial charge in [-0.25, -0.2) is 9.97 Å². The number of halogens is 1. The van der Waals surface area contributed by atoms with Gasteiger partial charge in [-0.1, -0.05) is 0 Å². The minimum absolute atomic E-state index is 0. The third-order valence-corrected chi connectivity index (χ3v) is 1.56. The number of nitrogens with zero attached hydrogens (tertiary/aromatic N) is 3. The van der Waals surface area contributed by atoms with Crippen molar-refractivity contribution in [1.29, 1.82) is 0 Å². The summed E-state index contributed by atoms with van der Waals surface area (Å²) in [6.07, 6.45) is 4.83. The maximum absolute atomic E-state index is 9.22. The van der Waals surface area contributed by atoms with Crippen molar-refractivity contribution in [2.45, 2.75) is 6.92 Å². The molecule has 0 aliphatic rings. The molecule has 0 unspecified atom stereocenters. The normalized spacial score (nSPS) is 9.75. The van der Waals surface area contributed by atoms with E-state index in [1.807, 2.05) is 0 Å². The van der Waals surface area contributed by atoms with Crippen LogP contribution in [0.25, 0.3) is 5.65 Å². The summed E-state index contributed by atoms with van der Waals surface area (Å²) in [5, 5.41) is 9.22. The fourth-order valence-corrected chi connectivity index (χ4v) is 0.938. The molecule has 2 aromatic heterocycles. The Balaban J connectivity index is 0.000000720. The van der Waals surface area contributed by atoms with Gasteiger partial charge in [0.15, 0.2) is 11.4 Å². The molecule has 0 atom stereocenters. The summed E-state index contributed by atoms with van der Waals surface area (Å²) in [7, 11) is 0. The van der Waals surface area contributed by atoms with Crippen LogP contribution in [0.15, 0.2) is 18.7 Å². The summed E-state index contributed by atoms with van der Waals surface area (Å²) in [4.78, 5) is 7.96. The molecule has 1 N–H and O–H groups in total. The molecule has 0 aromatic carbocycles. The van der Waals surface area contributed by atoms with E-state index in [4.69, 9.17) is 0 Å². The number of rotatable bonds is 0. The molecule has 0 amide bonds. The highest BCUT2D eigenvalue weighted by Crippen LogP contribution is 2.13. The quantitative estimate of drug-likeness (QED) is 0.670. The molecule has 0 spiro atoms. The van der Waals surface area contributed by atoms with Crippen LogP contribution in [0, 0.1) is 6.92 Å². The van der Waals surface area contributed by atoms with E-state index in [1.54, 1.807) is 30.0 Å². The summed E-state index contributed by atoms with van der Waals surface area (Å²) < 4.78 is 1.67. The van der Waals surface area contributed by atoms with E-state index in [-0.39, 0.29) is 18.2 Å². The molecule has 0 saturated carbocycles. The zero-order valence-electron chi connectivity index (χ0n) is 6.43. The van der Waals surface area contributed by atoms with Crippen molar-refractivity contribution < 1.29 is 5.11 Å². The highest BCUT2D eigenvalue weighted by atomic mass is 35.5. The van der Waals surface area contributed by atoms with Gasteiger partial charge in [-0.2, -0.15) is 0 Å². The van der Waals surface area contributed by atoms with E-state index in [1.165, 1.54) is 0 Å². The lowest BCUT2D eigenvalue weighted by molar-refractivity contribution is 0.464. The Morgan fingerprint density at radius 2 is 2.25 bits per heavy atom. The van der Waals surface area contributed by atoms with Crippen LogP contribution in [-0.4, -0.2) is 19.5 Å². The number of fused-ring (bicyclic) bond motifs is 1. The number of hydrogen-bond acceptors (Lipinski definition) is 3.